The van der Waals surface area contributed by atoms with Gasteiger partial charge in [-0.2, -0.15) is 4.98 Å². The fourth-order valence-corrected chi connectivity index (χ4v) is 3.61. The smallest absolute Gasteiger partial charge is 0.241 e. The molecule has 0 radical (unpaired) electrons. The van der Waals surface area contributed by atoms with Gasteiger partial charge < -0.3 is 14.0 Å². The van der Waals surface area contributed by atoms with Crippen molar-refractivity contribution in [2.45, 2.75) is 25.4 Å². The maximum atomic E-state index is 5.52. The van der Waals surface area contributed by atoms with Crippen LogP contribution in [0.1, 0.15) is 30.3 Å². The SMILES string of the molecule is COc1cccc(-c2noc(CN3CCCC3c3cccc(OC)c3)n2)c1. The van der Waals surface area contributed by atoms with Crippen molar-refractivity contribution in [3.63, 3.8) is 0 Å². The summed E-state index contributed by atoms with van der Waals surface area (Å²) < 4.78 is 16.2. The van der Waals surface area contributed by atoms with E-state index in [-0.39, 0.29) is 0 Å². The number of methoxy groups -OCH3 is 2. The number of rotatable bonds is 6. The Kier molecular flexibility index (Phi) is 5.07. The molecule has 140 valence electrons. The van der Waals surface area contributed by atoms with E-state index in [9.17, 15) is 0 Å². The van der Waals surface area contributed by atoms with E-state index in [1.54, 1.807) is 14.2 Å². The molecule has 1 aliphatic rings. The number of likely N-dealkylation sites (tertiary alicyclic amines) is 1. The zero-order valence-electron chi connectivity index (χ0n) is 15.6. The molecule has 1 aliphatic heterocycles. The third-order valence-electron chi connectivity index (χ3n) is 4.98. The summed E-state index contributed by atoms with van der Waals surface area (Å²) in [5.41, 5.74) is 2.15. The van der Waals surface area contributed by atoms with Crippen molar-refractivity contribution in [2.24, 2.45) is 0 Å². The van der Waals surface area contributed by atoms with Crippen LogP contribution in [0.4, 0.5) is 0 Å². The van der Waals surface area contributed by atoms with Gasteiger partial charge in [-0.15, -0.1) is 0 Å². The Morgan fingerprint density at radius 3 is 2.67 bits per heavy atom. The molecule has 3 aromatic rings. The first-order valence-electron chi connectivity index (χ1n) is 9.12. The average molecular weight is 365 g/mol. The number of hydrogen-bond acceptors (Lipinski definition) is 6. The molecule has 1 fully saturated rings. The molecule has 1 unspecified atom stereocenters. The summed E-state index contributed by atoms with van der Waals surface area (Å²) in [7, 11) is 3.34. The largest absolute Gasteiger partial charge is 0.497 e. The van der Waals surface area contributed by atoms with Crippen LogP contribution in [0, 0.1) is 0 Å². The summed E-state index contributed by atoms with van der Waals surface area (Å²) in [5.74, 6) is 2.87. The number of aromatic nitrogens is 2. The van der Waals surface area contributed by atoms with Gasteiger partial charge in [0.25, 0.3) is 0 Å². The molecule has 4 rings (SSSR count). The molecule has 0 amide bonds. The molecule has 0 spiro atoms. The quantitative estimate of drug-likeness (QED) is 0.656. The molecule has 6 heteroatoms. The summed E-state index contributed by atoms with van der Waals surface area (Å²) in [6.45, 7) is 1.65. The van der Waals surface area contributed by atoms with E-state index < -0.39 is 0 Å². The summed E-state index contributed by atoms with van der Waals surface area (Å²) >= 11 is 0. The molecular formula is C21H23N3O3. The van der Waals surface area contributed by atoms with Crippen LogP contribution in [0.5, 0.6) is 11.5 Å². The Labute approximate surface area is 158 Å². The Morgan fingerprint density at radius 1 is 1.07 bits per heavy atom. The normalized spacial score (nSPS) is 17.2. The number of nitrogens with zero attached hydrogens (tertiary/aromatic N) is 3. The van der Waals surface area contributed by atoms with Crippen molar-refractivity contribution >= 4 is 0 Å². The Balaban J connectivity index is 1.51. The third kappa shape index (κ3) is 3.80. The van der Waals surface area contributed by atoms with Gasteiger partial charge in [-0.05, 0) is 49.2 Å². The van der Waals surface area contributed by atoms with Crippen LogP contribution in [0.3, 0.4) is 0 Å². The van der Waals surface area contributed by atoms with Crippen molar-refractivity contribution in [1.29, 1.82) is 0 Å². The first kappa shape index (κ1) is 17.5. The van der Waals surface area contributed by atoms with E-state index in [0.29, 0.717) is 24.3 Å². The highest BCUT2D eigenvalue weighted by atomic mass is 16.5. The lowest BCUT2D eigenvalue weighted by molar-refractivity contribution is 0.212. The number of hydrogen-bond donors (Lipinski definition) is 0. The molecule has 27 heavy (non-hydrogen) atoms. The van der Waals surface area contributed by atoms with Crippen molar-refractivity contribution in [3.8, 4) is 22.9 Å². The van der Waals surface area contributed by atoms with Gasteiger partial charge in [0.05, 0.1) is 20.8 Å². The predicted octanol–water partition coefficient (Wildman–Crippen LogP) is 4.09. The minimum atomic E-state index is 0.340. The lowest BCUT2D eigenvalue weighted by atomic mass is 10.0. The second-order valence-corrected chi connectivity index (χ2v) is 6.65. The van der Waals surface area contributed by atoms with Gasteiger partial charge in [0, 0.05) is 11.6 Å². The lowest BCUT2D eigenvalue weighted by Gasteiger charge is -2.23. The maximum Gasteiger partial charge on any atom is 0.241 e. The molecular weight excluding hydrogens is 342 g/mol. The molecule has 1 atom stereocenters. The molecule has 0 N–H and O–H groups in total. The maximum absolute atomic E-state index is 5.52. The van der Waals surface area contributed by atoms with Crippen LogP contribution in [0.15, 0.2) is 53.1 Å². The highest BCUT2D eigenvalue weighted by Crippen LogP contribution is 2.34. The Morgan fingerprint density at radius 2 is 1.85 bits per heavy atom. The van der Waals surface area contributed by atoms with Gasteiger partial charge >= 0.3 is 0 Å². The highest BCUT2D eigenvalue weighted by Gasteiger charge is 2.28. The minimum absolute atomic E-state index is 0.340. The molecule has 6 nitrogen and oxygen atoms in total. The van der Waals surface area contributed by atoms with E-state index in [1.165, 1.54) is 5.56 Å². The molecule has 0 bridgehead atoms. The van der Waals surface area contributed by atoms with Gasteiger partial charge in [-0.25, -0.2) is 0 Å². The first-order valence-corrected chi connectivity index (χ1v) is 9.12. The van der Waals surface area contributed by atoms with Gasteiger partial charge in [-0.1, -0.05) is 29.4 Å². The van der Waals surface area contributed by atoms with E-state index in [1.807, 2.05) is 36.4 Å². The number of ether oxygens (including phenoxy) is 2. The first-order chi connectivity index (χ1) is 13.3. The zero-order valence-corrected chi connectivity index (χ0v) is 15.6. The van der Waals surface area contributed by atoms with Crippen LogP contribution in [0.2, 0.25) is 0 Å². The average Bonchev–Trinajstić information content (AvgIpc) is 3.38. The lowest BCUT2D eigenvalue weighted by Crippen LogP contribution is -2.23. The van der Waals surface area contributed by atoms with Crippen molar-refractivity contribution in [2.75, 3.05) is 20.8 Å². The zero-order chi connectivity index (χ0) is 18.6. The summed E-state index contributed by atoms with van der Waals surface area (Å²) in [6, 6.07) is 16.3. The number of benzene rings is 2. The fourth-order valence-electron chi connectivity index (χ4n) is 3.61. The highest BCUT2D eigenvalue weighted by molar-refractivity contribution is 5.56. The monoisotopic (exact) mass is 365 g/mol. The van der Waals surface area contributed by atoms with E-state index >= 15 is 0 Å². The molecule has 1 aromatic heterocycles. The minimum Gasteiger partial charge on any atom is -0.497 e. The Hall–Kier alpha value is -2.86. The van der Waals surface area contributed by atoms with Crippen molar-refractivity contribution in [3.05, 3.63) is 60.0 Å². The molecule has 0 saturated carbocycles. The van der Waals surface area contributed by atoms with Crippen LogP contribution in [-0.4, -0.2) is 35.8 Å². The van der Waals surface area contributed by atoms with Crippen LogP contribution in [-0.2, 0) is 6.54 Å². The molecule has 2 heterocycles. The van der Waals surface area contributed by atoms with Gasteiger partial charge in [0.1, 0.15) is 11.5 Å². The van der Waals surface area contributed by atoms with Crippen LogP contribution >= 0.6 is 0 Å². The van der Waals surface area contributed by atoms with Gasteiger partial charge in [-0.3, -0.25) is 4.90 Å². The van der Waals surface area contributed by atoms with E-state index in [2.05, 4.69) is 27.2 Å². The summed E-state index contributed by atoms with van der Waals surface area (Å²) in [5, 5.41) is 4.14. The van der Waals surface area contributed by atoms with Crippen molar-refractivity contribution < 1.29 is 14.0 Å². The second-order valence-electron chi connectivity index (χ2n) is 6.65. The van der Waals surface area contributed by atoms with Gasteiger partial charge in [0.15, 0.2) is 0 Å². The standard InChI is InChI=1S/C21H23N3O3/c1-25-17-8-3-6-15(12-17)19-10-5-11-24(19)14-20-22-21(23-27-20)16-7-4-9-18(13-16)26-2/h3-4,6-9,12-13,19H,5,10-11,14H2,1-2H3. The van der Waals surface area contributed by atoms with E-state index in [0.717, 1.165) is 36.4 Å². The predicted molar refractivity (Wildman–Crippen MR) is 102 cm³/mol. The summed E-state index contributed by atoms with van der Waals surface area (Å²) in [4.78, 5) is 6.97. The molecule has 2 aromatic carbocycles. The van der Waals surface area contributed by atoms with Gasteiger partial charge in [0.2, 0.25) is 11.7 Å². The van der Waals surface area contributed by atoms with Crippen molar-refractivity contribution in [1.82, 2.24) is 15.0 Å². The van der Waals surface area contributed by atoms with Crippen LogP contribution in [0.25, 0.3) is 11.4 Å². The molecule has 0 aliphatic carbocycles. The van der Waals surface area contributed by atoms with E-state index in [4.69, 9.17) is 14.0 Å². The fraction of sp³-hybridized carbons (Fsp3) is 0.333. The third-order valence-corrected chi connectivity index (χ3v) is 4.98. The second kappa shape index (κ2) is 7.80. The Bertz CT molecular complexity index is 909. The summed E-state index contributed by atoms with van der Waals surface area (Å²) in [6.07, 6.45) is 2.27. The van der Waals surface area contributed by atoms with Crippen LogP contribution < -0.4 is 9.47 Å². The molecule has 1 saturated heterocycles. The topological polar surface area (TPSA) is 60.6 Å².